The van der Waals surface area contributed by atoms with Crippen LogP contribution in [0.1, 0.15) is 11.4 Å². The molecule has 4 nitrogen and oxygen atoms in total. The van der Waals surface area contributed by atoms with E-state index in [1.165, 1.54) is 29.4 Å². The summed E-state index contributed by atoms with van der Waals surface area (Å²) in [6.45, 7) is 1.79. The van der Waals surface area contributed by atoms with E-state index in [2.05, 4.69) is 9.36 Å². The molecular formula is C10H9FN4S2. The van der Waals surface area contributed by atoms with Crippen LogP contribution < -0.4 is 5.73 Å². The van der Waals surface area contributed by atoms with Crippen LogP contribution in [0.15, 0.2) is 27.4 Å². The monoisotopic (exact) mass is 268 g/mol. The van der Waals surface area contributed by atoms with E-state index in [1.807, 2.05) is 0 Å². The molecule has 0 aliphatic rings. The van der Waals surface area contributed by atoms with Crippen LogP contribution in [0.4, 0.5) is 4.39 Å². The first-order chi connectivity index (χ1) is 8.06. The predicted octanol–water partition coefficient (Wildman–Crippen LogP) is 2.42. The summed E-state index contributed by atoms with van der Waals surface area (Å²) in [5.41, 5.74) is 5.65. The second-order valence-corrected chi connectivity index (χ2v) is 5.31. The molecule has 0 saturated carbocycles. The molecule has 0 atom stereocenters. The highest BCUT2D eigenvalue weighted by Gasteiger charge is 2.09. The van der Waals surface area contributed by atoms with Crippen molar-refractivity contribution < 1.29 is 4.39 Å². The molecule has 17 heavy (non-hydrogen) atoms. The van der Waals surface area contributed by atoms with E-state index in [9.17, 15) is 4.39 Å². The number of nitrogens with two attached hydrogens (primary N) is 1. The zero-order valence-electron chi connectivity index (χ0n) is 8.90. The van der Waals surface area contributed by atoms with Gasteiger partial charge in [0.05, 0.1) is 4.90 Å². The van der Waals surface area contributed by atoms with Gasteiger partial charge in [-0.25, -0.2) is 9.37 Å². The SMILES string of the molecule is Cc1nsc(Sc2ccc(C(=N)N)cc2F)n1. The standard InChI is InChI=1S/C10H9FN4S2/c1-5-14-10(17-15-5)16-8-3-2-6(9(12)13)4-7(8)11/h2-4H,1H3,(H3,12,13). The maximum Gasteiger partial charge on any atom is 0.174 e. The highest BCUT2D eigenvalue weighted by molar-refractivity contribution is 8.01. The summed E-state index contributed by atoms with van der Waals surface area (Å²) in [5.74, 6) is 0.126. The van der Waals surface area contributed by atoms with Gasteiger partial charge in [0, 0.05) is 5.56 Å². The van der Waals surface area contributed by atoms with Gasteiger partial charge in [-0.2, -0.15) is 4.37 Å². The highest BCUT2D eigenvalue weighted by atomic mass is 32.2. The van der Waals surface area contributed by atoms with Gasteiger partial charge in [0.2, 0.25) is 0 Å². The van der Waals surface area contributed by atoms with Crippen molar-refractivity contribution in [1.82, 2.24) is 9.36 Å². The molecule has 1 aromatic heterocycles. The number of hydrogen-bond acceptors (Lipinski definition) is 5. The summed E-state index contributed by atoms with van der Waals surface area (Å²) < 4.78 is 18.4. The van der Waals surface area contributed by atoms with E-state index >= 15 is 0 Å². The first-order valence-corrected chi connectivity index (χ1v) is 6.27. The Hall–Kier alpha value is -1.47. The van der Waals surface area contributed by atoms with Gasteiger partial charge in [-0.05, 0) is 36.7 Å². The number of nitrogen functional groups attached to an aromatic ring is 1. The van der Waals surface area contributed by atoms with Crippen molar-refractivity contribution in [2.75, 3.05) is 0 Å². The minimum Gasteiger partial charge on any atom is -0.384 e. The molecule has 0 radical (unpaired) electrons. The average Bonchev–Trinajstić information content (AvgIpc) is 2.67. The lowest BCUT2D eigenvalue weighted by Gasteiger charge is -2.02. The summed E-state index contributed by atoms with van der Waals surface area (Å²) in [5, 5.41) is 7.21. The number of nitrogens with zero attached hydrogens (tertiary/aromatic N) is 2. The average molecular weight is 268 g/mol. The number of hydrogen-bond donors (Lipinski definition) is 2. The lowest BCUT2D eigenvalue weighted by molar-refractivity contribution is 0.601. The third-order valence-corrected chi connectivity index (χ3v) is 3.84. The quantitative estimate of drug-likeness (QED) is 0.662. The fraction of sp³-hybridized carbons (Fsp3) is 0.100. The van der Waals surface area contributed by atoms with Gasteiger partial charge in [0.25, 0.3) is 0 Å². The smallest absolute Gasteiger partial charge is 0.174 e. The van der Waals surface area contributed by atoms with Crippen molar-refractivity contribution in [2.45, 2.75) is 16.2 Å². The van der Waals surface area contributed by atoms with Crippen molar-refractivity contribution in [3.05, 3.63) is 35.4 Å². The van der Waals surface area contributed by atoms with Gasteiger partial charge in [-0.1, -0.05) is 11.8 Å². The third kappa shape index (κ3) is 2.80. The summed E-state index contributed by atoms with van der Waals surface area (Å²) in [6.07, 6.45) is 0. The van der Waals surface area contributed by atoms with Gasteiger partial charge in [0.1, 0.15) is 17.5 Å². The Labute approximate surface area is 106 Å². The van der Waals surface area contributed by atoms with Crippen molar-refractivity contribution in [1.29, 1.82) is 5.41 Å². The summed E-state index contributed by atoms with van der Waals surface area (Å²) in [4.78, 5) is 4.59. The predicted molar refractivity (Wildman–Crippen MR) is 66.2 cm³/mol. The summed E-state index contributed by atoms with van der Waals surface area (Å²) in [7, 11) is 0. The zero-order chi connectivity index (χ0) is 12.4. The number of benzene rings is 1. The zero-order valence-corrected chi connectivity index (χ0v) is 10.5. The number of nitrogens with one attached hydrogen (secondary N) is 1. The lowest BCUT2D eigenvalue weighted by Crippen LogP contribution is -2.11. The molecule has 2 rings (SSSR count). The second-order valence-electron chi connectivity index (χ2n) is 3.27. The normalized spacial score (nSPS) is 10.5. The largest absolute Gasteiger partial charge is 0.384 e. The Bertz CT molecular complexity index is 567. The molecule has 0 spiro atoms. The molecular weight excluding hydrogens is 259 g/mol. The van der Waals surface area contributed by atoms with E-state index in [-0.39, 0.29) is 5.84 Å². The van der Waals surface area contributed by atoms with Crippen LogP contribution in [0.25, 0.3) is 0 Å². The Balaban J connectivity index is 2.25. The third-order valence-electron chi connectivity index (χ3n) is 1.95. The first kappa shape index (κ1) is 12.0. The molecule has 7 heteroatoms. The van der Waals surface area contributed by atoms with E-state index in [0.717, 1.165) is 0 Å². The van der Waals surface area contributed by atoms with E-state index in [1.54, 1.807) is 19.1 Å². The van der Waals surface area contributed by atoms with Gasteiger partial charge >= 0.3 is 0 Å². The maximum absolute atomic E-state index is 13.7. The topological polar surface area (TPSA) is 75.7 Å². The molecule has 88 valence electrons. The lowest BCUT2D eigenvalue weighted by atomic mass is 10.2. The fourth-order valence-corrected chi connectivity index (χ4v) is 2.78. The van der Waals surface area contributed by atoms with Crippen LogP contribution >= 0.6 is 23.3 Å². The number of halogens is 1. The fourth-order valence-electron chi connectivity index (χ4n) is 1.16. The van der Waals surface area contributed by atoms with Crippen molar-refractivity contribution in [3.63, 3.8) is 0 Å². The molecule has 0 fully saturated rings. The van der Waals surface area contributed by atoms with Crippen LogP contribution in [-0.2, 0) is 0 Å². The molecule has 0 aliphatic carbocycles. The van der Waals surface area contributed by atoms with Crippen LogP contribution in [0.2, 0.25) is 0 Å². The Kier molecular flexibility index (Phi) is 3.39. The first-order valence-electron chi connectivity index (χ1n) is 4.68. The maximum atomic E-state index is 13.7. The minimum atomic E-state index is -0.407. The molecule has 0 unspecified atom stereocenters. The van der Waals surface area contributed by atoms with Gasteiger partial charge in [-0.3, -0.25) is 5.41 Å². The van der Waals surface area contributed by atoms with Gasteiger partial charge in [-0.15, -0.1) is 0 Å². The number of rotatable bonds is 3. The number of aryl methyl sites for hydroxylation is 1. The van der Waals surface area contributed by atoms with Gasteiger partial charge < -0.3 is 5.73 Å². The number of aromatic nitrogens is 2. The summed E-state index contributed by atoms with van der Waals surface area (Å²) >= 11 is 2.45. The Morgan fingerprint density at radius 1 is 1.53 bits per heavy atom. The van der Waals surface area contributed by atoms with Crippen molar-refractivity contribution in [3.8, 4) is 0 Å². The summed E-state index contributed by atoms with van der Waals surface area (Å²) in [6, 6.07) is 4.45. The van der Waals surface area contributed by atoms with Crippen LogP contribution in [0, 0.1) is 18.2 Å². The van der Waals surface area contributed by atoms with Crippen LogP contribution in [0.5, 0.6) is 0 Å². The van der Waals surface area contributed by atoms with Crippen molar-refractivity contribution in [2.24, 2.45) is 5.73 Å². The van der Waals surface area contributed by atoms with Crippen molar-refractivity contribution >= 4 is 29.1 Å². The van der Waals surface area contributed by atoms with Crippen LogP contribution in [-0.4, -0.2) is 15.2 Å². The van der Waals surface area contributed by atoms with E-state index in [0.29, 0.717) is 20.6 Å². The number of amidine groups is 1. The van der Waals surface area contributed by atoms with E-state index < -0.39 is 5.82 Å². The molecule has 0 saturated heterocycles. The second kappa shape index (κ2) is 4.80. The van der Waals surface area contributed by atoms with Gasteiger partial charge in [0.15, 0.2) is 4.34 Å². The Morgan fingerprint density at radius 2 is 2.29 bits per heavy atom. The minimum absolute atomic E-state index is 0.146. The molecule has 2 aromatic rings. The van der Waals surface area contributed by atoms with Crippen LogP contribution in [0.3, 0.4) is 0 Å². The highest BCUT2D eigenvalue weighted by Crippen LogP contribution is 2.31. The molecule has 0 aliphatic heterocycles. The Morgan fingerprint density at radius 3 is 2.82 bits per heavy atom. The molecule has 0 bridgehead atoms. The molecule has 1 aromatic carbocycles. The molecule has 1 heterocycles. The molecule has 3 N–H and O–H groups in total. The molecule has 0 amide bonds. The van der Waals surface area contributed by atoms with E-state index in [4.69, 9.17) is 11.1 Å².